The Morgan fingerprint density at radius 1 is 1.07 bits per heavy atom. The molecule has 9 heteroatoms. The molecule has 2 saturated heterocycles. The van der Waals surface area contributed by atoms with E-state index < -0.39 is 23.2 Å². The first kappa shape index (κ1) is 24.2. The molecule has 2 heterocycles. The number of rotatable bonds is 3. The van der Waals surface area contributed by atoms with E-state index in [1.165, 1.54) is 12.0 Å². The van der Waals surface area contributed by atoms with Crippen molar-refractivity contribution in [1.82, 2.24) is 14.7 Å². The molecule has 0 aromatic rings. The summed E-state index contributed by atoms with van der Waals surface area (Å²) in [4.78, 5) is 42.5. The van der Waals surface area contributed by atoms with Gasteiger partial charge in [0.15, 0.2) is 0 Å². The maximum atomic E-state index is 13.0. The summed E-state index contributed by atoms with van der Waals surface area (Å²) in [5.74, 6) is -0.482. The third kappa shape index (κ3) is 5.77. The number of nitrogens with zero attached hydrogens (tertiary/aromatic N) is 3. The summed E-state index contributed by atoms with van der Waals surface area (Å²) in [6, 6.07) is -0.833. The van der Waals surface area contributed by atoms with E-state index in [0.717, 1.165) is 0 Å². The summed E-state index contributed by atoms with van der Waals surface area (Å²) in [5.41, 5.74) is -1.01. The first-order valence-electron chi connectivity index (χ1n) is 10.6. The Balaban J connectivity index is 1.98. The molecule has 30 heavy (non-hydrogen) atoms. The van der Waals surface area contributed by atoms with E-state index in [2.05, 4.69) is 0 Å². The number of methoxy groups -OCH3 is 1. The fraction of sp³-hybridized carbons (Fsp3) is 0.857. The number of hydrogen-bond donors (Lipinski definition) is 0. The number of piperidine rings is 1. The Hall–Kier alpha value is -2.03. The van der Waals surface area contributed by atoms with E-state index in [1.54, 1.807) is 16.8 Å². The lowest BCUT2D eigenvalue weighted by Gasteiger charge is -2.47. The largest absolute Gasteiger partial charge is 0.467 e. The number of ether oxygens (including phenoxy) is 3. The highest BCUT2D eigenvalue weighted by atomic mass is 16.6. The van der Waals surface area contributed by atoms with E-state index in [9.17, 15) is 14.4 Å². The van der Waals surface area contributed by atoms with Crippen LogP contribution in [0, 0.1) is 5.92 Å². The number of morpholine rings is 1. The SMILES string of the molecule is COC(=O)[C@H](C(C)C)N(C)C(=O)N1CCC2(CC1)CN(C(=O)OC(C)(C)C)CCO2. The van der Waals surface area contributed by atoms with E-state index in [4.69, 9.17) is 14.2 Å². The van der Waals surface area contributed by atoms with Gasteiger partial charge in [0, 0.05) is 26.7 Å². The predicted molar refractivity (Wildman–Crippen MR) is 111 cm³/mol. The molecule has 3 amide bonds. The lowest BCUT2D eigenvalue weighted by molar-refractivity contribution is -0.147. The molecule has 0 bridgehead atoms. The van der Waals surface area contributed by atoms with Crippen molar-refractivity contribution in [3.8, 4) is 0 Å². The fourth-order valence-electron chi connectivity index (χ4n) is 4.08. The molecule has 0 saturated carbocycles. The molecule has 0 aliphatic carbocycles. The highest BCUT2D eigenvalue weighted by Crippen LogP contribution is 2.31. The lowest BCUT2D eigenvalue weighted by Crippen LogP contribution is -2.60. The van der Waals surface area contributed by atoms with Crippen LogP contribution in [-0.2, 0) is 19.0 Å². The number of likely N-dealkylation sites (tertiary alicyclic amines) is 1. The Morgan fingerprint density at radius 2 is 1.67 bits per heavy atom. The molecule has 0 unspecified atom stereocenters. The van der Waals surface area contributed by atoms with Crippen molar-refractivity contribution in [1.29, 1.82) is 0 Å². The average molecular weight is 428 g/mol. The second-order valence-corrected chi connectivity index (χ2v) is 9.53. The van der Waals surface area contributed by atoms with E-state index in [0.29, 0.717) is 45.6 Å². The first-order valence-corrected chi connectivity index (χ1v) is 10.6. The summed E-state index contributed by atoms with van der Waals surface area (Å²) in [6.45, 7) is 11.7. The van der Waals surface area contributed by atoms with Crippen molar-refractivity contribution in [2.24, 2.45) is 5.92 Å². The normalized spacial score (nSPS) is 20.1. The monoisotopic (exact) mass is 427 g/mol. The molecule has 9 nitrogen and oxygen atoms in total. The number of esters is 1. The highest BCUT2D eigenvalue weighted by molar-refractivity contribution is 5.83. The average Bonchev–Trinajstić information content (AvgIpc) is 2.66. The fourth-order valence-corrected chi connectivity index (χ4v) is 4.08. The van der Waals surface area contributed by atoms with Crippen molar-refractivity contribution >= 4 is 18.1 Å². The molecular weight excluding hydrogens is 390 g/mol. The van der Waals surface area contributed by atoms with Crippen molar-refractivity contribution in [3.63, 3.8) is 0 Å². The molecule has 2 aliphatic rings. The van der Waals surface area contributed by atoms with Gasteiger partial charge in [-0.25, -0.2) is 14.4 Å². The number of likely N-dealkylation sites (N-methyl/N-ethyl adjacent to an activating group) is 1. The zero-order valence-corrected chi connectivity index (χ0v) is 19.4. The lowest BCUT2D eigenvalue weighted by atomic mass is 9.89. The molecule has 0 N–H and O–H groups in total. The zero-order valence-electron chi connectivity index (χ0n) is 19.4. The van der Waals surface area contributed by atoms with E-state index in [-0.39, 0.29) is 18.0 Å². The van der Waals surface area contributed by atoms with Gasteiger partial charge in [-0.2, -0.15) is 0 Å². The van der Waals surface area contributed by atoms with Crippen LogP contribution in [0.2, 0.25) is 0 Å². The molecule has 2 aliphatic heterocycles. The Labute approximate surface area is 179 Å². The van der Waals surface area contributed by atoms with E-state index >= 15 is 0 Å². The minimum Gasteiger partial charge on any atom is -0.467 e. The summed E-state index contributed by atoms with van der Waals surface area (Å²) in [6.07, 6.45) is 0.911. The van der Waals surface area contributed by atoms with Crippen molar-refractivity contribution in [2.75, 3.05) is 46.9 Å². The maximum Gasteiger partial charge on any atom is 0.410 e. The molecule has 2 rings (SSSR count). The van der Waals surface area contributed by atoms with Crippen LogP contribution in [-0.4, -0.2) is 97.0 Å². The number of hydrogen-bond acceptors (Lipinski definition) is 6. The number of carbonyl (C=O) groups excluding carboxylic acids is 3. The van der Waals surface area contributed by atoms with Gasteiger partial charge < -0.3 is 28.9 Å². The van der Waals surface area contributed by atoms with Gasteiger partial charge in [0.25, 0.3) is 0 Å². The molecule has 172 valence electrons. The van der Waals surface area contributed by atoms with Crippen LogP contribution in [0.3, 0.4) is 0 Å². The minimum atomic E-state index is -0.632. The third-order valence-electron chi connectivity index (χ3n) is 5.64. The second-order valence-electron chi connectivity index (χ2n) is 9.53. The Bertz CT molecular complexity index is 637. The van der Waals surface area contributed by atoms with Gasteiger partial charge >= 0.3 is 18.1 Å². The van der Waals surface area contributed by atoms with Gasteiger partial charge in [0.1, 0.15) is 11.6 Å². The van der Waals surface area contributed by atoms with Crippen LogP contribution < -0.4 is 0 Å². The maximum absolute atomic E-state index is 13.0. The molecule has 0 radical (unpaired) electrons. The van der Waals surface area contributed by atoms with Gasteiger partial charge in [-0.05, 0) is 39.5 Å². The summed E-state index contributed by atoms with van der Waals surface area (Å²) < 4.78 is 16.4. The molecule has 0 aromatic heterocycles. The van der Waals surface area contributed by atoms with E-state index in [1.807, 2.05) is 34.6 Å². The quantitative estimate of drug-likeness (QED) is 0.643. The van der Waals surface area contributed by atoms with Crippen LogP contribution in [0.5, 0.6) is 0 Å². The van der Waals surface area contributed by atoms with Crippen molar-refractivity contribution in [3.05, 3.63) is 0 Å². The van der Waals surface area contributed by atoms with Gasteiger partial charge in [0.2, 0.25) is 0 Å². The standard InChI is InChI=1S/C21H37N3O6/c1-15(2)16(17(25)28-7)22(6)18(26)23-10-8-21(9-11-23)14-24(12-13-29-21)19(27)30-20(3,4)5/h15-16H,8-14H2,1-7H3/t16-/m0/s1. The van der Waals surface area contributed by atoms with Crippen LogP contribution in [0.4, 0.5) is 9.59 Å². The summed E-state index contributed by atoms with van der Waals surface area (Å²) >= 11 is 0. The molecule has 1 atom stereocenters. The van der Waals surface area contributed by atoms with Gasteiger partial charge in [-0.1, -0.05) is 13.8 Å². The van der Waals surface area contributed by atoms with Gasteiger partial charge in [0.05, 0.1) is 25.9 Å². The minimum absolute atomic E-state index is 0.0633. The molecule has 1 spiro atoms. The predicted octanol–water partition coefficient (Wildman–Crippen LogP) is 2.34. The van der Waals surface area contributed by atoms with Crippen LogP contribution in [0.15, 0.2) is 0 Å². The third-order valence-corrected chi connectivity index (χ3v) is 5.64. The smallest absolute Gasteiger partial charge is 0.410 e. The first-order chi connectivity index (χ1) is 13.9. The summed E-state index contributed by atoms with van der Waals surface area (Å²) in [5, 5.41) is 0. The van der Waals surface area contributed by atoms with Crippen molar-refractivity contribution < 1.29 is 28.6 Å². The second kappa shape index (κ2) is 9.41. The highest BCUT2D eigenvalue weighted by Gasteiger charge is 2.44. The Kier molecular flexibility index (Phi) is 7.60. The summed E-state index contributed by atoms with van der Waals surface area (Å²) in [7, 11) is 2.97. The number of carbonyl (C=O) groups is 3. The molecule has 2 fully saturated rings. The van der Waals surface area contributed by atoms with Crippen LogP contribution >= 0.6 is 0 Å². The van der Waals surface area contributed by atoms with Gasteiger partial charge in [-0.15, -0.1) is 0 Å². The number of amides is 3. The molecule has 0 aromatic carbocycles. The van der Waals surface area contributed by atoms with Crippen LogP contribution in [0.25, 0.3) is 0 Å². The topological polar surface area (TPSA) is 88.6 Å². The van der Waals surface area contributed by atoms with Crippen molar-refractivity contribution in [2.45, 2.75) is 64.7 Å². The Morgan fingerprint density at radius 3 is 2.17 bits per heavy atom. The van der Waals surface area contributed by atoms with Gasteiger partial charge in [-0.3, -0.25) is 0 Å². The van der Waals surface area contributed by atoms with Crippen LogP contribution in [0.1, 0.15) is 47.5 Å². The zero-order chi connectivity index (χ0) is 22.7. The number of urea groups is 1. The molecular formula is C21H37N3O6.